The van der Waals surface area contributed by atoms with Crippen LogP contribution in [0, 0.1) is 23.2 Å². The number of rotatable bonds is 5. The summed E-state index contributed by atoms with van der Waals surface area (Å²) in [6.45, 7) is 7.12. The minimum atomic E-state index is -3.01. The van der Waals surface area contributed by atoms with Crippen LogP contribution in [0.2, 0.25) is 0 Å². The van der Waals surface area contributed by atoms with Crippen LogP contribution in [-0.4, -0.2) is 56.3 Å². The Kier molecular flexibility index (Phi) is 8.16. The number of anilines is 1. The van der Waals surface area contributed by atoms with Gasteiger partial charge in [-0.15, -0.1) is 10.2 Å². The van der Waals surface area contributed by atoms with Crippen molar-refractivity contribution in [1.29, 1.82) is 0 Å². The van der Waals surface area contributed by atoms with Gasteiger partial charge in [-0.1, -0.05) is 26.7 Å². The first-order chi connectivity index (χ1) is 17.4. The Labute approximate surface area is 218 Å². The molecule has 2 aliphatic carbocycles. The van der Waals surface area contributed by atoms with Gasteiger partial charge in [0.2, 0.25) is 5.91 Å². The molecule has 1 aliphatic heterocycles. The van der Waals surface area contributed by atoms with Gasteiger partial charge in [0.25, 0.3) is 5.92 Å². The molecule has 3 N–H and O–H groups in total. The van der Waals surface area contributed by atoms with Crippen molar-refractivity contribution in [3.8, 4) is 11.3 Å². The zero-order valence-corrected chi connectivity index (χ0v) is 22.4. The second kappa shape index (κ2) is 10.9. The van der Waals surface area contributed by atoms with Crippen molar-refractivity contribution < 1.29 is 19.0 Å². The summed E-state index contributed by atoms with van der Waals surface area (Å²) in [5.74, 6) is -2.55. The van der Waals surface area contributed by atoms with Crippen molar-refractivity contribution in [2.75, 3.05) is 25.5 Å². The number of hydrogen-bond donors (Lipinski definition) is 3. The fraction of sp³-hybridized carbons (Fsp3) is 0.679. The lowest BCUT2D eigenvalue weighted by atomic mass is 9.71. The number of nitrogens with zero attached hydrogens (tertiary/aromatic N) is 4. The number of pyridine rings is 1. The first-order valence-corrected chi connectivity index (χ1v) is 13.5. The summed E-state index contributed by atoms with van der Waals surface area (Å²) < 4.78 is 26.8. The summed E-state index contributed by atoms with van der Waals surface area (Å²) >= 11 is 0. The number of likely N-dealkylation sites (tertiary alicyclic amines) is 1. The normalized spacial score (nSPS) is 25.8. The van der Waals surface area contributed by atoms with Gasteiger partial charge in [0.1, 0.15) is 11.5 Å². The third-order valence-corrected chi connectivity index (χ3v) is 8.36. The predicted molar refractivity (Wildman–Crippen MR) is 140 cm³/mol. The van der Waals surface area contributed by atoms with Crippen LogP contribution >= 0.6 is 0 Å². The van der Waals surface area contributed by atoms with E-state index in [1.807, 2.05) is 4.90 Å². The highest BCUT2D eigenvalue weighted by Crippen LogP contribution is 2.46. The molecule has 2 aromatic rings. The molecule has 2 saturated carbocycles. The molecule has 1 saturated heterocycles. The number of hydrogen-bond acceptors (Lipinski definition) is 7. The number of fused-ring (bicyclic) bond motifs is 1. The largest absolute Gasteiger partial charge is 0.372 e. The summed E-state index contributed by atoms with van der Waals surface area (Å²) in [4.78, 5) is 5.72. The first-order valence-electron chi connectivity index (χ1n) is 13.5. The maximum Gasteiger partial charge on any atom is 0.287 e. The lowest BCUT2D eigenvalue weighted by molar-refractivity contribution is -0.301. The fourth-order valence-electron chi connectivity index (χ4n) is 6.36. The number of aliphatic hydroxyl groups is 2. The van der Waals surface area contributed by atoms with Crippen LogP contribution in [0.3, 0.4) is 0 Å². The molecule has 2 aromatic heterocycles. The molecule has 3 atom stereocenters. The molecule has 0 amide bonds. The molecule has 3 fully saturated rings. The number of alkyl halides is 2. The van der Waals surface area contributed by atoms with Gasteiger partial charge < -0.3 is 15.5 Å². The topological polar surface area (TPSA) is 94.4 Å². The molecule has 0 radical (unpaired) electrons. The van der Waals surface area contributed by atoms with E-state index in [0.717, 1.165) is 51.1 Å². The van der Waals surface area contributed by atoms with Gasteiger partial charge in [0.05, 0.1) is 5.69 Å². The molecule has 0 spiro atoms. The highest BCUT2D eigenvalue weighted by atomic mass is 19.3. The van der Waals surface area contributed by atoms with Gasteiger partial charge in [-0.3, -0.25) is 9.88 Å². The SMILES string of the molecule is CC1(C)CCCC(C(O)(O)N2CC3CCCC3C2)C1.CNc1ccc(-c2cccnc2C(C)(F)F)nn1. The number of aromatic nitrogens is 3. The molecular weight excluding hydrogens is 476 g/mol. The minimum Gasteiger partial charge on any atom is -0.372 e. The number of nitrogens with one attached hydrogen (secondary N) is 1. The molecule has 5 rings (SSSR count). The Morgan fingerprint density at radius 3 is 2.30 bits per heavy atom. The fourth-order valence-corrected chi connectivity index (χ4v) is 6.36. The lowest BCUT2D eigenvalue weighted by Gasteiger charge is -2.45. The van der Waals surface area contributed by atoms with E-state index < -0.39 is 11.8 Å². The molecule has 37 heavy (non-hydrogen) atoms. The van der Waals surface area contributed by atoms with Crippen LogP contribution in [0.1, 0.15) is 71.4 Å². The van der Waals surface area contributed by atoms with Crippen LogP contribution in [-0.2, 0) is 5.92 Å². The lowest BCUT2D eigenvalue weighted by Crippen LogP contribution is -2.55. The third kappa shape index (κ3) is 6.44. The molecule has 204 valence electrons. The molecule has 3 aliphatic rings. The maximum absolute atomic E-state index is 13.4. The summed E-state index contributed by atoms with van der Waals surface area (Å²) in [5, 5.41) is 32.0. The van der Waals surface area contributed by atoms with Crippen molar-refractivity contribution in [3.63, 3.8) is 0 Å². The van der Waals surface area contributed by atoms with Crippen molar-refractivity contribution >= 4 is 5.82 Å². The Hall–Kier alpha value is -2.23. The highest BCUT2D eigenvalue weighted by molar-refractivity contribution is 5.63. The summed E-state index contributed by atoms with van der Waals surface area (Å²) in [6.07, 6.45) is 9.48. The molecule has 0 aromatic carbocycles. The molecule has 7 nitrogen and oxygen atoms in total. The first kappa shape index (κ1) is 27.8. The van der Waals surface area contributed by atoms with E-state index in [-0.39, 0.29) is 17.0 Å². The monoisotopic (exact) mass is 517 g/mol. The van der Waals surface area contributed by atoms with Crippen molar-refractivity contribution in [2.24, 2.45) is 23.2 Å². The van der Waals surface area contributed by atoms with Gasteiger partial charge in [-0.25, -0.2) is 0 Å². The Morgan fingerprint density at radius 2 is 1.73 bits per heavy atom. The van der Waals surface area contributed by atoms with E-state index >= 15 is 0 Å². The maximum atomic E-state index is 13.4. The van der Waals surface area contributed by atoms with Gasteiger partial charge in [-0.05, 0) is 73.6 Å². The Bertz CT molecular complexity index is 1030. The van der Waals surface area contributed by atoms with Gasteiger partial charge in [0, 0.05) is 44.7 Å². The van der Waals surface area contributed by atoms with E-state index in [1.165, 1.54) is 31.9 Å². The van der Waals surface area contributed by atoms with Crippen LogP contribution in [0.4, 0.5) is 14.6 Å². The molecular formula is C28H41F2N5O2. The molecule has 3 unspecified atom stereocenters. The van der Waals surface area contributed by atoms with Gasteiger partial charge >= 0.3 is 0 Å². The summed E-state index contributed by atoms with van der Waals surface area (Å²) in [5.41, 5.74) is 0.630. The Balaban J connectivity index is 0.000000173. The van der Waals surface area contributed by atoms with E-state index in [4.69, 9.17) is 0 Å². The zero-order chi connectivity index (χ0) is 26.8. The van der Waals surface area contributed by atoms with E-state index in [2.05, 4.69) is 34.3 Å². The second-order valence-electron chi connectivity index (χ2n) is 11.8. The zero-order valence-electron chi connectivity index (χ0n) is 22.4. The van der Waals surface area contributed by atoms with Crippen molar-refractivity contribution in [2.45, 2.75) is 77.6 Å². The van der Waals surface area contributed by atoms with E-state index in [9.17, 15) is 19.0 Å². The average molecular weight is 518 g/mol. The second-order valence-corrected chi connectivity index (χ2v) is 11.8. The average Bonchev–Trinajstić information content (AvgIpc) is 3.47. The molecule has 0 bridgehead atoms. The summed E-state index contributed by atoms with van der Waals surface area (Å²) in [7, 11) is 1.71. The minimum absolute atomic E-state index is 0.0232. The molecule has 9 heteroatoms. The van der Waals surface area contributed by atoms with E-state index in [0.29, 0.717) is 17.1 Å². The van der Waals surface area contributed by atoms with Crippen LogP contribution in [0.5, 0.6) is 0 Å². The smallest absolute Gasteiger partial charge is 0.287 e. The number of halogens is 2. The molecule has 3 heterocycles. The van der Waals surface area contributed by atoms with Crippen LogP contribution in [0.15, 0.2) is 30.5 Å². The summed E-state index contributed by atoms with van der Waals surface area (Å²) in [6, 6.07) is 6.46. The van der Waals surface area contributed by atoms with Crippen molar-refractivity contribution in [3.05, 3.63) is 36.2 Å². The van der Waals surface area contributed by atoms with Gasteiger partial charge in [-0.2, -0.15) is 8.78 Å². The third-order valence-electron chi connectivity index (χ3n) is 8.36. The Morgan fingerprint density at radius 1 is 1.03 bits per heavy atom. The van der Waals surface area contributed by atoms with Crippen molar-refractivity contribution in [1.82, 2.24) is 20.1 Å². The van der Waals surface area contributed by atoms with Gasteiger partial charge in [0.15, 0.2) is 0 Å². The van der Waals surface area contributed by atoms with E-state index in [1.54, 1.807) is 31.3 Å². The van der Waals surface area contributed by atoms with Crippen LogP contribution < -0.4 is 5.32 Å². The quantitative estimate of drug-likeness (QED) is 0.466. The predicted octanol–water partition coefficient (Wildman–Crippen LogP) is 5.27. The standard InChI is InChI=1S/C16H29NO2.C12H12F2N4/c1-15(2)8-4-7-14(9-15)16(18,19)17-10-12-5-3-6-13(12)11-17;1-12(13,14)11-8(4-3-7-16-11)9-5-6-10(15-2)18-17-9/h12-14,18-19H,3-11H2,1-2H3;3-7H,1-2H3,(H,15,18). The highest BCUT2D eigenvalue weighted by Gasteiger charge is 2.49. The van der Waals surface area contributed by atoms with Crippen LogP contribution in [0.25, 0.3) is 11.3 Å².